The molecule has 2 aromatic heterocycles. The van der Waals surface area contributed by atoms with Crippen molar-refractivity contribution in [2.75, 3.05) is 11.1 Å². The lowest BCUT2D eigenvalue weighted by atomic mass is 10.0. The van der Waals surface area contributed by atoms with Crippen LogP contribution in [0, 0.1) is 0 Å². The molecule has 0 saturated carbocycles. The molecule has 0 unspecified atom stereocenters. The largest absolute Gasteiger partial charge is 0.325 e. The summed E-state index contributed by atoms with van der Waals surface area (Å²) in [5, 5.41) is 5.79. The van der Waals surface area contributed by atoms with E-state index in [2.05, 4.69) is 24.1 Å². The van der Waals surface area contributed by atoms with Crippen molar-refractivity contribution in [2.24, 2.45) is 0 Å². The lowest BCUT2D eigenvalue weighted by Crippen LogP contribution is -2.22. The average molecular weight is 470 g/mol. The smallest absolute Gasteiger partial charge is 0.276 e. The Kier molecular flexibility index (Phi) is 6.46. The second kappa shape index (κ2) is 9.26. The van der Waals surface area contributed by atoms with Gasteiger partial charge in [0.2, 0.25) is 5.91 Å². The number of hydrogen-bond donors (Lipinski definition) is 1. The van der Waals surface area contributed by atoms with Crippen molar-refractivity contribution in [2.45, 2.75) is 24.9 Å². The first kappa shape index (κ1) is 21.6. The Balaban J connectivity index is 1.63. The molecule has 2 heterocycles. The lowest BCUT2D eigenvalue weighted by Gasteiger charge is -2.14. The summed E-state index contributed by atoms with van der Waals surface area (Å²) in [6.07, 6.45) is 0. The number of nitrogens with zero attached hydrogens (tertiary/aromatic N) is 2. The molecular formula is C23H20ClN3O2S2. The molecule has 0 spiro atoms. The van der Waals surface area contributed by atoms with Crippen LogP contribution in [0.3, 0.4) is 0 Å². The Morgan fingerprint density at radius 1 is 1.19 bits per heavy atom. The number of nitrogens with one attached hydrogen (secondary N) is 1. The monoisotopic (exact) mass is 469 g/mol. The number of para-hydroxylation sites is 1. The van der Waals surface area contributed by atoms with Crippen molar-refractivity contribution < 1.29 is 4.79 Å². The second-order valence-electron chi connectivity index (χ2n) is 7.23. The third kappa shape index (κ3) is 4.69. The van der Waals surface area contributed by atoms with Gasteiger partial charge in [-0.1, -0.05) is 61.5 Å². The minimum Gasteiger partial charge on any atom is -0.325 e. The zero-order valence-electron chi connectivity index (χ0n) is 17.0. The number of halogens is 1. The number of hydrogen-bond acceptors (Lipinski definition) is 5. The third-order valence-corrected chi connectivity index (χ3v) is 6.77. The van der Waals surface area contributed by atoms with E-state index < -0.39 is 0 Å². The maximum absolute atomic E-state index is 13.2. The first-order chi connectivity index (χ1) is 14.9. The number of amides is 1. The van der Waals surface area contributed by atoms with Crippen LogP contribution >= 0.6 is 34.7 Å². The number of aromatic nitrogens is 2. The van der Waals surface area contributed by atoms with Gasteiger partial charge in [0.15, 0.2) is 5.16 Å². The summed E-state index contributed by atoms with van der Waals surface area (Å²) in [6, 6.07) is 16.6. The van der Waals surface area contributed by atoms with Gasteiger partial charge in [-0.2, -0.15) is 0 Å². The van der Waals surface area contributed by atoms with E-state index in [4.69, 9.17) is 11.6 Å². The fourth-order valence-corrected chi connectivity index (χ4v) is 5.02. The maximum Gasteiger partial charge on any atom is 0.276 e. The predicted octanol–water partition coefficient (Wildman–Crippen LogP) is 5.95. The van der Waals surface area contributed by atoms with E-state index in [0.29, 0.717) is 32.0 Å². The number of benzene rings is 2. The molecule has 0 bridgehead atoms. The van der Waals surface area contributed by atoms with Gasteiger partial charge in [0.25, 0.3) is 5.56 Å². The van der Waals surface area contributed by atoms with Crippen molar-refractivity contribution in [3.63, 3.8) is 0 Å². The van der Waals surface area contributed by atoms with Crippen LogP contribution in [0.5, 0.6) is 0 Å². The van der Waals surface area contributed by atoms with Crippen molar-refractivity contribution >= 4 is 56.5 Å². The average Bonchev–Trinajstić information content (AvgIpc) is 3.21. The SMILES string of the molecule is CC(C)c1ccccc1NC(=O)CSc1nc2ccsc2c(=O)n1-c1cccc(Cl)c1. The van der Waals surface area contributed by atoms with E-state index in [-0.39, 0.29) is 17.2 Å². The van der Waals surface area contributed by atoms with Crippen molar-refractivity contribution in [1.82, 2.24) is 9.55 Å². The van der Waals surface area contributed by atoms with Gasteiger partial charge in [-0.15, -0.1) is 11.3 Å². The summed E-state index contributed by atoms with van der Waals surface area (Å²) in [5.41, 5.74) is 2.95. The quantitative estimate of drug-likeness (QED) is 0.280. The number of rotatable bonds is 6. The molecule has 0 aliphatic rings. The highest BCUT2D eigenvalue weighted by atomic mass is 35.5. The standard InChI is InChI=1S/C23H20ClN3O2S2/c1-14(2)17-8-3-4-9-18(17)25-20(28)13-31-23-26-19-10-11-30-21(19)22(29)27(23)16-7-5-6-15(24)12-16/h3-12,14H,13H2,1-2H3,(H,25,28). The van der Waals surface area contributed by atoms with Gasteiger partial charge >= 0.3 is 0 Å². The van der Waals surface area contributed by atoms with Crippen molar-refractivity contribution in [1.29, 1.82) is 0 Å². The summed E-state index contributed by atoms with van der Waals surface area (Å²) in [7, 11) is 0. The van der Waals surface area contributed by atoms with Gasteiger partial charge in [-0.3, -0.25) is 14.2 Å². The second-order valence-corrected chi connectivity index (χ2v) is 9.52. The maximum atomic E-state index is 13.2. The van der Waals surface area contributed by atoms with Crippen LogP contribution in [0.15, 0.2) is 69.9 Å². The molecule has 0 fully saturated rings. The Labute approximate surface area is 193 Å². The number of thiophene rings is 1. The highest BCUT2D eigenvalue weighted by Crippen LogP contribution is 2.26. The minimum atomic E-state index is -0.171. The summed E-state index contributed by atoms with van der Waals surface area (Å²) in [4.78, 5) is 30.5. The molecule has 0 saturated heterocycles. The first-order valence-electron chi connectivity index (χ1n) is 9.72. The Morgan fingerprint density at radius 2 is 2.00 bits per heavy atom. The van der Waals surface area contributed by atoms with Gasteiger partial charge in [-0.05, 0) is 47.2 Å². The topological polar surface area (TPSA) is 64.0 Å². The van der Waals surface area contributed by atoms with E-state index in [1.807, 2.05) is 35.7 Å². The minimum absolute atomic E-state index is 0.120. The van der Waals surface area contributed by atoms with Crippen LogP contribution in [0.2, 0.25) is 5.02 Å². The number of carbonyl (C=O) groups is 1. The number of fused-ring (bicyclic) bond motifs is 1. The van der Waals surface area contributed by atoms with E-state index in [1.165, 1.54) is 27.7 Å². The summed E-state index contributed by atoms with van der Waals surface area (Å²) in [5.74, 6) is 0.255. The number of carbonyl (C=O) groups excluding carboxylic acids is 1. The van der Waals surface area contributed by atoms with Crippen LogP contribution in [0.25, 0.3) is 15.9 Å². The van der Waals surface area contributed by atoms with Crippen molar-refractivity contribution in [3.05, 3.63) is 80.9 Å². The first-order valence-corrected chi connectivity index (χ1v) is 12.0. The molecule has 4 rings (SSSR count). The zero-order chi connectivity index (χ0) is 22.0. The normalized spacial score (nSPS) is 11.2. The molecule has 0 aliphatic carbocycles. The van der Waals surface area contributed by atoms with Gasteiger partial charge in [0.05, 0.1) is 17.0 Å². The highest BCUT2D eigenvalue weighted by molar-refractivity contribution is 7.99. The van der Waals surface area contributed by atoms with Crippen LogP contribution in [0.1, 0.15) is 25.3 Å². The molecule has 8 heteroatoms. The van der Waals surface area contributed by atoms with Crippen LogP contribution < -0.4 is 10.9 Å². The molecular weight excluding hydrogens is 450 g/mol. The van der Waals surface area contributed by atoms with E-state index >= 15 is 0 Å². The molecule has 0 atom stereocenters. The Morgan fingerprint density at radius 3 is 2.77 bits per heavy atom. The fourth-order valence-electron chi connectivity index (χ4n) is 3.26. The van der Waals surface area contributed by atoms with E-state index in [0.717, 1.165) is 11.3 Å². The van der Waals surface area contributed by atoms with Crippen LogP contribution in [-0.2, 0) is 4.79 Å². The molecule has 1 amide bonds. The predicted molar refractivity (Wildman–Crippen MR) is 130 cm³/mol. The molecule has 2 aromatic carbocycles. The van der Waals surface area contributed by atoms with Gasteiger partial charge < -0.3 is 5.32 Å². The van der Waals surface area contributed by atoms with E-state index in [9.17, 15) is 9.59 Å². The Hall–Kier alpha value is -2.61. The molecule has 5 nitrogen and oxygen atoms in total. The molecule has 158 valence electrons. The summed E-state index contributed by atoms with van der Waals surface area (Å²) in [6.45, 7) is 4.17. The summed E-state index contributed by atoms with van der Waals surface area (Å²) < 4.78 is 2.09. The third-order valence-electron chi connectivity index (χ3n) is 4.70. The fraction of sp³-hybridized carbons (Fsp3) is 0.174. The zero-order valence-corrected chi connectivity index (χ0v) is 19.4. The lowest BCUT2D eigenvalue weighted by molar-refractivity contribution is -0.113. The van der Waals surface area contributed by atoms with Crippen LogP contribution in [0.4, 0.5) is 5.69 Å². The number of thioether (sulfide) groups is 1. The van der Waals surface area contributed by atoms with Crippen LogP contribution in [-0.4, -0.2) is 21.2 Å². The molecule has 1 N–H and O–H groups in total. The molecule has 4 aromatic rings. The number of anilines is 1. The molecule has 31 heavy (non-hydrogen) atoms. The Bertz CT molecular complexity index is 1310. The van der Waals surface area contributed by atoms with Gasteiger partial charge in [0, 0.05) is 10.7 Å². The van der Waals surface area contributed by atoms with Crippen molar-refractivity contribution in [3.8, 4) is 5.69 Å². The summed E-state index contributed by atoms with van der Waals surface area (Å²) >= 11 is 8.72. The van der Waals surface area contributed by atoms with Gasteiger partial charge in [0.1, 0.15) is 4.70 Å². The highest BCUT2D eigenvalue weighted by Gasteiger charge is 2.16. The van der Waals surface area contributed by atoms with Gasteiger partial charge in [-0.25, -0.2) is 4.98 Å². The molecule has 0 radical (unpaired) electrons. The van der Waals surface area contributed by atoms with E-state index in [1.54, 1.807) is 24.3 Å². The molecule has 0 aliphatic heterocycles.